The van der Waals surface area contributed by atoms with Crippen molar-refractivity contribution in [2.24, 2.45) is 0 Å². The number of barbiturate groups is 1. The Bertz CT molecular complexity index is 1540. The third kappa shape index (κ3) is 6.35. The van der Waals surface area contributed by atoms with E-state index in [1.54, 1.807) is 19.1 Å². The van der Waals surface area contributed by atoms with E-state index in [-0.39, 0.29) is 41.9 Å². The fourth-order valence-electron chi connectivity index (χ4n) is 3.93. The minimum Gasteiger partial charge on any atom is -0.490 e. The maximum Gasteiger partial charge on any atom is 0.335 e. The zero-order chi connectivity index (χ0) is 29.0. The van der Waals surface area contributed by atoms with Gasteiger partial charge in [0.1, 0.15) is 5.57 Å². The van der Waals surface area contributed by atoms with Gasteiger partial charge in [0.05, 0.1) is 16.8 Å². The van der Waals surface area contributed by atoms with E-state index in [1.165, 1.54) is 30.3 Å². The highest BCUT2D eigenvalue weighted by atomic mass is 79.9. The molecular weight excluding hydrogens is 602 g/mol. The molecule has 4 rings (SSSR count). The number of rotatable bonds is 8. The maximum atomic E-state index is 13.2. The summed E-state index contributed by atoms with van der Waals surface area (Å²) in [6.45, 7) is 5.66. The minimum absolute atomic E-state index is 0.254. The lowest BCUT2D eigenvalue weighted by Crippen LogP contribution is -2.54. The molecule has 40 heavy (non-hydrogen) atoms. The lowest BCUT2D eigenvalue weighted by molar-refractivity contribution is -0.122. The molecule has 0 atom stereocenters. The molecule has 0 aliphatic carbocycles. The van der Waals surface area contributed by atoms with E-state index in [0.717, 1.165) is 16.0 Å². The first-order valence-corrected chi connectivity index (χ1v) is 13.4. The van der Waals surface area contributed by atoms with Crippen molar-refractivity contribution in [3.05, 3.63) is 86.4 Å². The zero-order valence-corrected chi connectivity index (χ0v) is 24.2. The molecule has 1 saturated heterocycles. The van der Waals surface area contributed by atoms with E-state index in [0.29, 0.717) is 20.7 Å². The average Bonchev–Trinajstić information content (AvgIpc) is 2.90. The smallest absolute Gasteiger partial charge is 0.335 e. The second-order valence-corrected chi connectivity index (χ2v) is 10.1. The van der Waals surface area contributed by atoms with Gasteiger partial charge >= 0.3 is 6.03 Å². The third-order valence-corrected chi connectivity index (χ3v) is 6.90. The highest BCUT2D eigenvalue weighted by Gasteiger charge is 2.36. The van der Waals surface area contributed by atoms with Crippen LogP contribution in [0.3, 0.4) is 0 Å². The molecule has 0 radical (unpaired) electrons. The molecular formula is C29H25BrClN3O6. The van der Waals surface area contributed by atoms with Crippen molar-refractivity contribution in [2.75, 3.05) is 23.4 Å². The Kier molecular flexibility index (Phi) is 8.91. The molecule has 11 heteroatoms. The van der Waals surface area contributed by atoms with Gasteiger partial charge in [-0.15, -0.1) is 0 Å². The number of nitrogens with zero attached hydrogens (tertiary/aromatic N) is 1. The van der Waals surface area contributed by atoms with E-state index >= 15 is 0 Å². The Morgan fingerprint density at radius 1 is 1.07 bits per heavy atom. The standard InChI is InChI=1S/C29H25BrClN3O6/c1-4-39-24-14-18(12-21-27(36)33-29(38)34(28(21)37)20-10-8-19(31)9-11-20)13-22(30)26(24)40-15-25(35)32-23-7-5-6-16(2)17(23)3/h5-14H,4,15H2,1-3H3,(H,32,35)(H,33,36,38)/b21-12-. The van der Waals surface area contributed by atoms with E-state index in [9.17, 15) is 19.2 Å². The Balaban J connectivity index is 1.58. The van der Waals surface area contributed by atoms with Gasteiger partial charge in [-0.05, 0) is 102 Å². The number of hydrogen-bond acceptors (Lipinski definition) is 6. The van der Waals surface area contributed by atoms with Crippen LogP contribution in [0.5, 0.6) is 11.5 Å². The second-order valence-electron chi connectivity index (χ2n) is 8.78. The molecule has 0 aromatic heterocycles. The van der Waals surface area contributed by atoms with Gasteiger partial charge in [0.2, 0.25) is 0 Å². The van der Waals surface area contributed by atoms with Crippen LogP contribution < -0.4 is 25.0 Å². The highest BCUT2D eigenvalue weighted by molar-refractivity contribution is 9.10. The molecule has 9 nitrogen and oxygen atoms in total. The van der Waals surface area contributed by atoms with Crippen LogP contribution in [0.2, 0.25) is 5.02 Å². The van der Waals surface area contributed by atoms with Crippen molar-refractivity contribution in [3.8, 4) is 11.5 Å². The monoisotopic (exact) mass is 625 g/mol. The molecule has 0 unspecified atom stereocenters. The number of nitrogens with one attached hydrogen (secondary N) is 2. The third-order valence-electron chi connectivity index (χ3n) is 6.06. The van der Waals surface area contributed by atoms with E-state index in [1.807, 2.05) is 32.0 Å². The number of amides is 5. The van der Waals surface area contributed by atoms with Gasteiger partial charge in [-0.25, -0.2) is 9.69 Å². The molecule has 1 aliphatic rings. The number of imide groups is 2. The van der Waals surface area contributed by atoms with Crippen LogP contribution in [0.1, 0.15) is 23.6 Å². The number of benzene rings is 3. The van der Waals surface area contributed by atoms with Crippen LogP contribution >= 0.6 is 27.5 Å². The minimum atomic E-state index is -0.867. The summed E-state index contributed by atoms with van der Waals surface area (Å²) in [6.07, 6.45) is 1.34. The fourth-order valence-corrected chi connectivity index (χ4v) is 4.63. The van der Waals surface area contributed by atoms with Gasteiger partial charge in [0.15, 0.2) is 18.1 Å². The van der Waals surface area contributed by atoms with Gasteiger partial charge in [-0.2, -0.15) is 0 Å². The van der Waals surface area contributed by atoms with Crippen LogP contribution in [-0.4, -0.2) is 37.0 Å². The number of ether oxygens (including phenoxy) is 2. The average molecular weight is 627 g/mol. The molecule has 3 aromatic carbocycles. The Labute approximate surface area is 244 Å². The second kappa shape index (κ2) is 12.4. The van der Waals surface area contributed by atoms with Gasteiger partial charge in [-0.3, -0.25) is 19.7 Å². The maximum absolute atomic E-state index is 13.2. The quantitative estimate of drug-likeness (QED) is 0.241. The van der Waals surface area contributed by atoms with Crippen molar-refractivity contribution in [1.29, 1.82) is 0 Å². The van der Waals surface area contributed by atoms with Crippen LogP contribution in [0.4, 0.5) is 16.2 Å². The molecule has 3 aromatic rings. The lowest BCUT2D eigenvalue weighted by Gasteiger charge is -2.26. The molecule has 206 valence electrons. The first-order chi connectivity index (χ1) is 19.1. The largest absolute Gasteiger partial charge is 0.490 e. The number of carbonyl (C=O) groups excluding carboxylic acids is 4. The van der Waals surface area contributed by atoms with Crippen LogP contribution in [-0.2, 0) is 14.4 Å². The summed E-state index contributed by atoms with van der Waals surface area (Å²) >= 11 is 9.36. The van der Waals surface area contributed by atoms with E-state index in [4.69, 9.17) is 21.1 Å². The first-order valence-electron chi connectivity index (χ1n) is 12.2. The van der Waals surface area contributed by atoms with Gasteiger partial charge < -0.3 is 14.8 Å². The van der Waals surface area contributed by atoms with Crippen molar-refractivity contribution in [3.63, 3.8) is 0 Å². The van der Waals surface area contributed by atoms with Gasteiger partial charge in [0.25, 0.3) is 17.7 Å². The number of carbonyl (C=O) groups is 4. The number of urea groups is 1. The fraction of sp³-hybridized carbons (Fsp3) is 0.172. The van der Waals surface area contributed by atoms with E-state index in [2.05, 4.69) is 26.6 Å². The molecule has 5 amide bonds. The predicted octanol–water partition coefficient (Wildman–Crippen LogP) is 5.80. The summed E-state index contributed by atoms with van der Waals surface area (Å²) in [7, 11) is 0. The highest BCUT2D eigenvalue weighted by Crippen LogP contribution is 2.38. The molecule has 0 bridgehead atoms. The molecule has 0 spiro atoms. The van der Waals surface area contributed by atoms with Crippen molar-refractivity contribution < 1.29 is 28.7 Å². The number of hydrogen-bond donors (Lipinski definition) is 2. The van der Waals surface area contributed by atoms with Crippen LogP contribution in [0, 0.1) is 13.8 Å². The Hall–Kier alpha value is -4.15. The van der Waals surface area contributed by atoms with Gasteiger partial charge in [-0.1, -0.05) is 23.7 Å². The van der Waals surface area contributed by atoms with Crippen LogP contribution in [0.25, 0.3) is 6.08 Å². The summed E-state index contributed by atoms with van der Waals surface area (Å²) in [5.41, 5.74) is 3.13. The number of halogens is 2. The Morgan fingerprint density at radius 3 is 2.50 bits per heavy atom. The van der Waals surface area contributed by atoms with Crippen molar-refractivity contribution in [2.45, 2.75) is 20.8 Å². The zero-order valence-electron chi connectivity index (χ0n) is 21.8. The summed E-state index contributed by atoms with van der Waals surface area (Å²) in [4.78, 5) is 51.7. The predicted molar refractivity (Wildman–Crippen MR) is 156 cm³/mol. The molecule has 0 saturated carbocycles. The Morgan fingerprint density at radius 2 is 1.80 bits per heavy atom. The number of anilines is 2. The van der Waals surface area contributed by atoms with Gasteiger partial charge in [0, 0.05) is 10.7 Å². The van der Waals surface area contributed by atoms with Crippen LogP contribution in [0.15, 0.2) is 64.6 Å². The SMILES string of the molecule is CCOc1cc(/C=C2/C(=O)NC(=O)N(c3ccc(Cl)cc3)C2=O)cc(Br)c1OCC(=O)Nc1cccc(C)c1C. The molecule has 1 aliphatic heterocycles. The summed E-state index contributed by atoms with van der Waals surface area (Å²) in [6, 6.07) is 14.0. The summed E-state index contributed by atoms with van der Waals surface area (Å²) in [5.74, 6) is -1.42. The molecule has 1 fully saturated rings. The summed E-state index contributed by atoms with van der Waals surface area (Å²) < 4.78 is 12.0. The molecule has 1 heterocycles. The topological polar surface area (TPSA) is 114 Å². The first kappa shape index (κ1) is 28.8. The van der Waals surface area contributed by atoms with Crippen molar-refractivity contribution in [1.82, 2.24) is 5.32 Å². The van der Waals surface area contributed by atoms with E-state index < -0.39 is 17.8 Å². The molecule has 2 N–H and O–H groups in total. The van der Waals surface area contributed by atoms with Crippen molar-refractivity contribution >= 4 is 68.7 Å². The normalized spacial score (nSPS) is 14.3. The number of aryl methyl sites for hydroxylation is 1. The lowest BCUT2D eigenvalue weighted by atomic mass is 10.1. The summed E-state index contributed by atoms with van der Waals surface area (Å²) in [5, 5.41) is 5.45.